The van der Waals surface area contributed by atoms with E-state index in [9.17, 15) is 14.6 Å². The zero-order valence-corrected chi connectivity index (χ0v) is 29.9. The number of hydrogen-bond acceptors (Lipinski definition) is 6. The maximum atomic E-state index is 14.9. The van der Waals surface area contributed by atoms with Gasteiger partial charge < -0.3 is 29.2 Å². The molecular formula is C44H44ClFO6. The van der Waals surface area contributed by atoms with Gasteiger partial charge in [-0.25, -0.2) is 4.39 Å². The van der Waals surface area contributed by atoms with Gasteiger partial charge in [-0.15, -0.1) is 0 Å². The molecule has 7 atom stereocenters. The number of fused-ring (bicyclic) bond motifs is 2. The van der Waals surface area contributed by atoms with Crippen molar-refractivity contribution in [2.75, 3.05) is 6.61 Å². The Morgan fingerprint density at radius 1 is 0.692 bits per heavy atom. The molecule has 0 amide bonds. The molecule has 0 aromatic heterocycles. The molecule has 2 saturated carbocycles. The maximum absolute atomic E-state index is 14.9. The summed E-state index contributed by atoms with van der Waals surface area (Å²) in [6, 6.07) is 40.1. The van der Waals surface area contributed by atoms with E-state index in [1.807, 2.05) is 116 Å². The molecule has 2 fully saturated rings. The van der Waals surface area contributed by atoms with Crippen LogP contribution in [0.1, 0.15) is 46.7 Å². The maximum Gasteiger partial charge on any atom is 0.165 e. The van der Waals surface area contributed by atoms with Gasteiger partial charge in [0, 0.05) is 10.9 Å². The molecule has 2 unspecified atom stereocenters. The molecule has 5 aromatic rings. The number of halogens is 2. The van der Waals surface area contributed by atoms with Gasteiger partial charge in [0.2, 0.25) is 0 Å². The second-order valence-electron chi connectivity index (χ2n) is 13.7. The van der Waals surface area contributed by atoms with Gasteiger partial charge in [0.05, 0.1) is 50.2 Å². The third kappa shape index (κ3) is 7.40. The van der Waals surface area contributed by atoms with Crippen LogP contribution in [0.4, 0.5) is 4.39 Å². The SMILES string of the molecule is CCOc1ccc(Cc2cc([C@]34C(O)C[C@H](C3O)[C@H](OCc3ccccc3)[C@H](OCc3ccccc3)[C@@H]4OCc3ccccc3)ccc2Cl)cc1F. The fraction of sp³-hybridized carbons (Fsp3) is 0.318. The van der Waals surface area contributed by atoms with Gasteiger partial charge in [-0.05, 0) is 71.3 Å². The lowest BCUT2D eigenvalue weighted by molar-refractivity contribution is -0.232. The molecular weight excluding hydrogens is 679 g/mol. The Morgan fingerprint density at radius 3 is 1.85 bits per heavy atom. The average molecular weight is 723 g/mol. The predicted octanol–water partition coefficient (Wildman–Crippen LogP) is 8.22. The number of ether oxygens (including phenoxy) is 4. The Balaban J connectivity index is 1.30. The lowest BCUT2D eigenvalue weighted by Gasteiger charge is -2.52. The van der Waals surface area contributed by atoms with E-state index < -0.39 is 47.7 Å². The van der Waals surface area contributed by atoms with Gasteiger partial charge in [-0.1, -0.05) is 121 Å². The van der Waals surface area contributed by atoms with Crippen molar-refractivity contribution < 1.29 is 33.6 Å². The highest BCUT2D eigenvalue weighted by Crippen LogP contribution is 2.56. The highest BCUT2D eigenvalue weighted by atomic mass is 35.5. The number of hydrogen-bond donors (Lipinski definition) is 2. The summed E-state index contributed by atoms with van der Waals surface area (Å²) in [5.74, 6) is -0.717. The van der Waals surface area contributed by atoms with Gasteiger partial charge >= 0.3 is 0 Å². The van der Waals surface area contributed by atoms with Crippen LogP contribution in [0.2, 0.25) is 5.02 Å². The summed E-state index contributed by atoms with van der Waals surface area (Å²) in [4.78, 5) is 0. The van der Waals surface area contributed by atoms with E-state index in [2.05, 4.69) is 0 Å². The highest BCUT2D eigenvalue weighted by molar-refractivity contribution is 6.31. The normalized spacial score (nSPS) is 25.2. The van der Waals surface area contributed by atoms with Crippen LogP contribution in [-0.2, 0) is 45.9 Å². The van der Waals surface area contributed by atoms with Crippen molar-refractivity contribution in [2.45, 2.75) is 75.5 Å². The molecule has 52 heavy (non-hydrogen) atoms. The molecule has 5 aromatic carbocycles. The van der Waals surface area contributed by atoms with Crippen LogP contribution in [0, 0.1) is 11.7 Å². The first-order valence-electron chi connectivity index (χ1n) is 17.9. The zero-order valence-electron chi connectivity index (χ0n) is 29.1. The Labute approximate surface area is 309 Å². The van der Waals surface area contributed by atoms with Crippen LogP contribution in [-0.4, -0.2) is 47.3 Å². The van der Waals surface area contributed by atoms with Crippen LogP contribution in [0.5, 0.6) is 5.75 Å². The quantitative estimate of drug-likeness (QED) is 0.120. The minimum Gasteiger partial charge on any atom is -0.491 e. The van der Waals surface area contributed by atoms with Gasteiger partial charge in [0.25, 0.3) is 0 Å². The molecule has 0 saturated heterocycles. The number of benzene rings is 5. The lowest BCUT2D eigenvalue weighted by Crippen LogP contribution is -2.66. The molecule has 8 heteroatoms. The van der Waals surface area contributed by atoms with E-state index in [0.717, 1.165) is 22.3 Å². The summed E-state index contributed by atoms with van der Waals surface area (Å²) in [6.07, 6.45) is -3.54. The molecule has 0 spiro atoms. The Hall–Kier alpha value is -4.08. The Morgan fingerprint density at radius 2 is 1.27 bits per heavy atom. The van der Waals surface area contributed by atoms with Crippen LogP contribution < -0.4 is 4.74 Å². The van der Waals surface area contributed by atoms with Crippen molar-refractivity contribution in [2.24, 2.45) is 5.92 Å². The molecule has 0 heterocycles. The molecule has 7 rings (SSSR count). The topological polar surface area (TPSA) is 77.4 Å². The molecule has 270 valence electrons. The number of aliphatic hydroxyl groups excluding tert-OH is 2. The first kappa shape index (κ1) is 36.3. The van der Waals surface area contributed by atoms with Gasteiger partial charge in [-0.3, -0.25) is 0 Å². The summed E-state index contributed by atoms with van der Waals surface area (Å²) in [5.41, 5.74) is 3.73. The average Bonchev–Trinajstić information content (AvgIpc) is 3.36. The van der Waals surface area contributed by atoms with Crippen molar-refractivity contribution in [3.63, 3.8) is 0 Å². The summed E-state index contributed by atoms with van der Waals surface area (Å²) in [7, 11) is 0. The first-order chi connectivity index (χ1) is 25.4. The minimum absolute atomic E-state index is 0.194. The predicted molar refractivity (Wildman–Crippen MR) is 199 cm³/mol. The smallest absolute Gasteiger partial charge is 0.165 e. The summed E-state index contributed by atoms with van der Waals surface area (Å²) in [6.45, 7) is 2.98. The van der Waals surface area contributed by atoms with Gasteiger partial charge in [0.1, 0.15) is 12.2 Å². The fourth-order valence-electron chi connectivity index (χ4n) is 8.07. The third-order valence-electron chi connectivity index (χ3n) is 10.5. The third-order valence-corrected chi connectivity index (χ3v) is 10.9. The van der Waals surface area contributed by atoms with E-state index in [0.29, 0.717) is 35.8 Å². The summed E-state index contributed by atoms with van der Waals surface area (Å²) >= 11 is 6.80. The zero-order chi connectivity index (χ0) is 36.1. The van der Waals surface area contributed by atoms with Crippen LogP contribution >= 0.6 is 11.6 Å². The van der Waals surface area contributed by atoms with E-state index >= 15 is 0 Å². The largest absolute Gasteiger partial charge is 0.491 e. The highest BCUT2D eigenvalue weighted by Gasteiger charge is 2.69. The molecule has 2 bridgehead atoms. The van der Waals surface area contributed by atoms with Crippen LogP contribution in [0.3, 0.4) is 0 Å². The molecule has 2 N–H and O–H groups in total. The number of rotatable bonds is 14. The fourth-order valence-corrected chi connectivity index (χ4v) is 8.26. The summed E-state index contributed by atoms with van der Waals surface area (Å²) < 4.78 is 40.7. The van der Waals surface area contributed by atoms with Gasteiger partial charge in [0.15, 0.2) is 11.6 Å². The van der Waals surface area contributed by atoms with E-state index in [-0.39, 0.29) is 25.4 Å². The standard InChI is InChI=1S/C44H44ClFO6/c1-2-49-38-21-18-32(23-37(38)46)22-33-24-34(19-20-36(33)45)44-39(47)25-35(42(44)48)40(50-26-29-12-6-3-7-13-29)41(51-27-30-14-8-4-9-15-30)43(44)52-28-31-16-10-5-11-17-31/h3-21,23-24,35,39-43,47-48H,2,22,25-28H2,1H3/t35-,39?,40-,41-,42?,43-,44-/m0/s1. The van der Waals surface area contributed by atoms with E-state index in [1.54, 1.807) is 12.1 Å². The van der Waals surface area contributed by atoms with Crippen molar-refractivity contribution in [1.29, 1.82) is 0 Å². The number of aliphatic hydroxyl groups is 2. The van der Waals surface area contributed by atoms with Crippen molar-refractivity contribution in [3.05, 3.63) is 172 Å². The Bertz CT molecular complexity index is 1910. The molecule has 2 aliphatic carbocycles. The second kappa shape index (κ2) is 16.3. The summed E-state index contributed by atoms with van der Waals surface area (Å²) in [5, 5.41) is 25.3. The van der Waals surface area contributed by atoms with Crippen LogP contribution in [0.15, 0.2) is 127 Å². The molecule has 6 nitrogen and oxygen atoms in total. The second-order valence-corrected chi connectivity index (χ2v) is 14.1. The first-order valence-corrected chi connectivity index (χ1v) is 18.3. The van der Waals surface area contributed by atoms with Crippen molar-refractivity contribution in [3.8, 4) is 5.75 Å². The minimum atomic E-state index is -1.29. The van der Waals surface area contributed by atoms with Crippen molar-refractivity contribution in [1.82, 2.24) is 0 Å². The van der Waals surface area contributed by atoms with E-state index in [4.69, 9.17) is 30.5 Å². The van der Waals surface area contributed by atoms with Crippen LogP contribution in [0.25, 0.3) is 0 Å². The Kier molecular flexibility index (Phi) is 11.4. The van der Waals surface area contributed by atoms with Gasteiger partial charge in [-0.2, -0.15) is 0 Å². The van der Waals surface area contributed by atoms with Crippen molar-refractivity contribution >= 4 is 11.6 Å². The van der Waals surface area contributed by atoms with E-state index in [1.165, 1.54) is 6.07 Å². The molecule has 2 aliphatic rings. The lowest BCUT2D eigenvalue weighted by atomic mass is 9.63. The monoisotopic (exact) mass is 722 g/mol. The molecule has 0 aliphatic heterocycles. The molecule has 0 radical (unpaired) electrons.